The van der Waals surface area contributed by atoms with Gasteiger partial charge in [-0.05, 0) is 24.6 Å². The van der Waals surface area contributed by atoms with Crippen molar-refractivity contribution in [1.82, 2.24) is 0 Å². The van der Waals surface area contributed by atoms with Gasteiger partial charge in [0.25, 0.3) is 0 Å². The first kappa shape index (κ1) is 11.7. The fourth-order valence-electron chi connectivity index (χ4n) is 1.33. The molecule has 1 aromatic rings. The number of rotatable bonds is 4. The zero-order valence-corrected chi connectivity index (χ0v) is 9.55. The summed E-state index contributed by atoms with van der Waals surface area (Å²) in [5.41, 5.74) is 1.03. The van der Waals surface area contributed by atoms with Gasteiger partial charge in [-0.15, -0.1) is 0 Å². The number of hydrogen-bond donors (Lipinski definition) is 0. The van der Waals surface area contributed by atoms with Crippen molar-refractivity contribution < 1.29 is 4.74 Å². The van der Waals surface area contributed by atoms with Crippen LogP contribution in [0.1, 0.15) is 38.2 Å². The van der Waals surface area contributed by atoms with E-state index in [9.17, 15) is 0 Å². The molecule has 15 heavy (non-hydrogen) atoms. The molecule has 0 aliphatic carbocycles. The molecule has 0 bridgehead atoms. The molecule has 0 saturated heterocycles. The van der Waals surface area contributed by atoms with Crippen molar-refractivity contribution in [3.8, 4) is 17.6 Å². The zero-order valence-electron chi connectivity index (χ0n) is 9.55. The molecule has 80 valence electrons. The van der Waals surface area contributed by atoms with E-state index in [4.69, 9.17) is 4.74 Å². The van der Waals surface area contributed by atoms with Gasteiger partial charge >= 0.3 is 0 Å². The molecular formula is C14H18O. The van der Waals surface area contributed by atoms with Gasteiger partial charge in [0, 0.05) is 12.0 Å². The summed E-state index contributed by atoms with van der Waals surface area (Å²) in [6.45, 7) is 2.20. The van der Waals surface area contributed by atoms with Crippen LogP contribution < -0.4 is 4.74 Å². The van der Waals surface area contributed by atoms with Crippen LogP contribution in [0.4, 0.5) is 0 Å². The average Bonchev–Trinajstić information content (AvgIpc) is 2.29. The third-order valence-corrected chi connectivity index (χ3v) is 2.21. The second-order valence-corrected chi connectivity index (χ2v) is 3.49. The van der Waals surface area contributed by atoms with E-state index < -0.39 is 0 Å². The van der Waals surface area contributed by atoms with E-state index in [0.717, 1.165) is 17.7 Å². The molecular weight excluding hydrogens is 184 g/mol. The molecule has 0 heterocycles. The van der Waals surface area contributed by atoms with E-state index in [-0.39, 0.29) is 0 Å². The summed E-state index contributed by atoms with van der Waals surface area (Å²) in [4.78, 5) is 0. The van der Waals surface area contributed by atoms with Crippen LogP contribution in [0.3, 0.4) is 0 Å². The number of methoxy groups -OCH3 is 1. The van der Waals surface area contributed by atoms with Gasteiger partial charge in [-0.2, -0.15) is 0 Å². The van der Waals surface area contributed by atoms with Crippen LogP contribution in [0, 0.1) is 11.8 Å². The Hall–Kier alpha value is -1.42. The largest absolute Gasteiger partial charge is 0.497 e. The Kier molecular flexibility index (Phi) is 5.40. The lowest BCUT2D eigenvalue weighted by Crippen LogP contribution is -1.82. The van der Waals surface area contributed by atoms with Gasteiger partial charge < -0.3 is 4.74 Å². The highest BCUT2D eigenvalue weighted by Gasteiger charge is 1.90. The Bertz CT molecular complexity index is 344. The molecule has 0 aromatic heterocycles. The lowest BCUT2D eigenvalue weighted by atomic mass is 10.2. The lowest BCUT2D eigenvalue weighted by molar-refractivity contribution is 0.414. The third kappa shape index (κ3) is 4.56. The molecule has 0 aliphatic heterocycles. The number of ether oxygens (including phenoxy) is 1. The Balaban J connectivity index is 2.48. The van der Waals surface area contributed by atoms with E-state index in [1.807, 2.05) is 24.3 Å². The highest BCUT2D eigenvalue weighted by atomic mass is 16.5. The number of benzene rings is 1. The van der Waals surface area contributed by atoms with Crippen molar-refractivity contribution >= 4 is 0 Å². The molecule has 0 saturated carbocycles. The van der Waals surface area contributed by atoms with Gasteiger partial charge in [0.1, 0.15) is 5.75 Å². The van der Waals surface area contributed by atoms with Crippen LogP contribution in [0.2, 0.25) is 0 Å². The molecule has 0 N–H and O–H groups in total. The topological polar surface area (TPSA) is 9.23 Å². The maximum absolute atomic E-state index is 5.13. The molecule has 0 atom stereocenters. The van der Waals surface area contributed by atoms with Gasteiger partial charge in [0.2, 0.25) is 0 Å². The molecule has 0 radical (unpaired) electrons. The second kappa shape index (κ2) is 6.95. The molecule has 1 rings (SSSR count). The number of hydrogen-bond acceptors (Lipinski definition) is 1. The fourth-order valence-corrected chi connectivity index (χ4v) is 1.33. The molecule has 1 aromatic carbocycles. The van der Waals surface area contributed by atoms with E-state index in [1.54, 1.807) is 7.11 Å². The van der Waals surface area contributed by atoms with E-state index in [2.05, 4.69) is 18.8 Å². The highest BCUT2D eigenvalue weighted by molar-refractivity contribution is 5.39. The molecule has 0 fully saturated rings. The summed E-state index contributed by atoms with van der Waals surface area (Å²) in [6, 6.07) is 7.87. The molecule has 1 heteroatoms. The SMILES string of the molecule is CCCCCC#Cc1cccc(OC)c1. The third-order valence-electron chi connectivity index (χ3n) is 2.21. The minimum absolute atomic E-state index is 0.871. The van der Waals surface area contributed by atoms with Crippen LogP contribution in [0.25, 0.3) is 0 Å². The first-order valence-corrected chi connectivity index (χ1v) is 5.49. The summed E-state index contributed by atoms with van der Waals surface area (Å²) < 4.78 is 5.13. The lowest BCUT2D eigenvalue weighted by Gasteiger charge is -1.98. The van der Waals surface area contributed by atoms with Crippen molar-refractivity contribution in [3.05, 3.63) is 29.8 Å². The van der Waals surface area contributed by atoms with Crippen molar-refractivity contribution in [2.45, 2.75) is 32.6 Å². The van der Waals surface area contributed by atoms with Crippen LogP contribution in [0.5, 0.6) is 5.75 Å². The quantitative estimate of drug-likeness (QED) is 0.535. The molecule has 1 nitrogen and oxygen atoms in total. The second-order valence-electron chi connectivity index (χ2n) is 3.49. The minimum Gasteiger partial charge on any atom is -0.497 e. The van der Waals surface area contributed by atoms with E-state index >= 15 is 0 Å². The normalized spacial score (nSPS) is 9.20. The van der Waals surface area contributed by atoms with Crippen LogP contribution >= 0.6 is 0 Å². The van der Waals surface area contributed by atoms with Crippen LogP contribution in [0.15, 0.2) is 24.3 Å². The Labute approximate surface area is 92.5 Å². The minimum atomic E-state index is 0.871. The summed E-state index contributed by atoms with van der Waals surface area (Å²) in [7, 11) is 1.67. The van der Waals surface area contributed by atoms with Gasteiger partial charge in [0.05, 0.1) is 7.11 Å². The summed E-state index contributed by atoms with van der Waals surface area (Å²) in [5, 5.41) is 0. The van der Waals surface area contributed by atoms with Crippen molar-refractivity contribution in [2.24, 2.45) is 0 Å². The first-order chi connectivity index (χ1) is 7.36. The number of unbranched alkanes of at least 4 members (excludes halogenated alkanes) is 3. The monoisotopic (exact) mass is 202 g/mol. The summed E-state index contributed by atoms with van der Waals surface area (Å²) in [5.74, 6) is 7.20. The predicted molar refractivity (Wildman–Crippen MR) is 64.0 cm³/mol. The zero-order chi connectivity index (χ0) is 10.9. The Morgan fingerprint density at radius 1 is 1.27 bits per heavy atom. The maximum Gasteiger partial charge on any atom is 0.120 e. The standard InChI is InChI=1S/C14H18O/c1-3-4-5-6-7-9-13-10-8-11-14(12-13)15-2/h8,10-12H,3-6H2,1-2H3. The smallest absolute Gasteiger partial charge is 0.120 e. The van der Waals surface area contributed by atoms with E-state index in [0.29, 0.717) is 0 Å². The maximum atomic E-state index is 5.13. The average molecular weight is 202 g/mol. The molecule has 0 spiro atoms. The molecule has 0 unspecified atom stereocenters. The molecule has 0 aliphatic rings. The Morgan fingerprint density at radius 3 is 2.87 bits per heavy atom. The van der Waals surface area contributed by atoms with Gasteiger partial charge in [-0.1, -0.05) is 37.7 Å². The first-order valence-electron chi connectivity index (χ1n) is 5.49. The summed E-state index contributed by atoms with van der Waals surface area (Å²) >= 11 is 0. The van der Waals surface area contributed by atoms with Crippen LogP contribution in [-0.4, -0.2) is 7.11 Å². The van der Waals surface area contributed by atoms with Gasteiger partial charge in [-0.25, -0.2) is 0 Å². The van der Waals surface area contributed by atoms with Gasteiger partial charge in [-0.3, -0.25) is 0 Å². The van der Waals surface area contributed by atoms with Gasteiger partial charge in [0.15, 0.2) is 0 Å². The van der Waals surface area contributed by atoms with Crippen LogP contribution in [-0.2, 0) is 0 Å². The van der Waals surface area contributed by atoms with Crippen molar-refractivity contribution in [3.63, 3.8) is 0 Å². The summed E-state index contributed by atoms with van der Waals surface area (Å²) in [6.07, 6.45) is 4.71. The fraction of sp³-hybridized carbons (Fsp3) is 0.429. The predicted octanol–water partition coefficient (Wildman–Crippen LogP) is 3.63. The Morgan fingerprint density at radius 2 is 2.13 bits per heavy atom. The van der Waals surface area contributed by atoms with Crippen molar-refractivity contribution in [2.75, 3.05) is 7.11 Å². The highest BCUT2D eigenvalue weighted by Crippen LogP contribution is 2.11. The molecule has 0 amide bonds. The van der Waals surface area contributed by atoms with Crippen molar-refractivity contribution in [1.29, 1.82) is 0 Å². The van der Waals surface area contributed by atoms with E-state index in [1.165, 1.54) is 19.3 Å².